The lowest BCUT2D eigenvalue weighted by Crippen LogP contribution is -2.33. The van der Waals surface area contributed by atoms with Crippen molar-refractivity contribution in [2.75, 3.05) is 19.7 Å². The second-order valence-corrected chi connectivity index (χ2v) is 3.01. The summed E-state index contributed by atoms with van der Waals surface area (Å²) in [6.45, 7) is 1.45. The third-order valence-electron chi connectivity index (χ3n) is 1.89. The van der Waals surface area contributed by atoms with Crippen LogP contribution in [0.5, 0.6) is 0 Å². The first-order valence-corrected chi connectivity index (χ1v) is 4.30. The van der Waals surface area contributed by atoms with Crippen molar-refractivity contribution in [3.8, 4) is 0 Å². The molecule has 8 heteroatoms. The monoisotopic (exact) mass is 223 g/mol. The van der Waals surface area contributed by atoms with Gasteiger partial charge in [0.2, 0.25) is 5.89 Å². The predicted octanol–water partition coefficient (Wildman–Crippen LogP) is 0.749. The Labute approximate surface area is 82.6 Å². The van der Waals surface area contributed by atoms with Crippen LogP contribution in [0.15, 0.2) is 4.42 Å². The van der Waals surface area contributed by atoms with Gasteiger partial charge in [0.25, 0.3) is 0 Å². The molecule has 1 aromatic heterocycles. The van der Waals surface area contributed by atoms with E-state index in [9.17, 15) is 13.2 Å². The van der Waals surface area contributed by atoms with Gasteiger partial charge in [-0.2, -0.15) is 13.2 Å². The van der Waals surface area contributed by atoms with E-state index in [-0.39, 0.29) is 5.89 Å². The summed E-state index contributed by atoms with van der Waals surface area (Å²) in [4.78, 5) is 0. The fourth-order valence-corrected chi connectivity index (χ4v) is 1.20. The first-order chi connectivity index (χ1) is 7.07. The van der Waals surface area contributed by atoms with Crippen LogP contribution in [-0.2, 0) is 10.9 Å². The predicted molar refractivity (Wildman–Crippen MR) is 40.9 cm³/mol. The van der Waals surface area contributed by atoms with E-state index in [1.54, 1.807) is 0 Å². The molecule has 1 atom stereocenters. The summed E-state index contributed by atoms with van der Waals surface area (Å²) in [6.07, 6.45) is -5.20. The van der Waals surface area contributed by atoms with Crippen molar-refractivity contribution in [2.45, 2.75) is 12.3 Å². The third-order valence-corrected chi connectivity index (χ3v) is 1.89. The molecule has 0 aliphatic carbocycles. The van der Waals surface area contributed by atoms with Crippen molar-refractivity contribution in [1.29, 1.82) is 0 Å². The molecule has 0 spiro atoms. The Morgan fingerprint density at radius 3 is 2.67 bits per heavy atom. The maximum atomic E-state index is 12.1. The largest absolute Gasteiger partial charge is 0.470 e. The van der Waals surface area contributed by atoms with Gasteiger partial charge in [-0.05, 0) is 0 Å². The SMILES string of the molecule is FC(F)(F)c1nnc(C2CNCCO2)o1. The molecule has 1 unspecified atom stereocenters. The summed E-state index contributed by atoms with van der Waals surface area (Å²) >= 11 is 0. The number of alkyl halides is 3. The molecule has 2 heterocycles. The molecular formula is C7H8F3N3O2. The third kappa shape index (κ3) is 2.26. The lowest BCUT2D eigenvalue weighted by molar-refractivity contribution is -0.158. The Bertz CT molecular complexity index is 332. The van der Waals surface area contributed by atoms with Crippen molar-refractivity contribution in [3.63, 3.8) is 0 Å². The minimum atomic E-state index is -4.60. The molecule has 2 rings (SSSR count). The highest BCUT2D eigenvalue weighted by Gasteiger charge is 2.39. The number of aromatic nitrogens is 2. The Morgan fingerprint density at radius 1 is 1.33 bits per heavy atom. The quantitative estimate of drug-likeness (QED) is 0.761. The fourth-order valence-electron chi connectivity index (χ4n) is 1.20. The highest BCUT2D eigenvalue weighted by molar-refractivity contribution is 4.91. The smallest absolute Gasteiger partial charge is 0.414 e. The molecule has 84 valence electrons. The maximum absolute atomic E-state index is 12.1. The Balaban J connectivity index is 2.12. The lowest BCUT2D eigenvalue weighted by Gasteiger charge is -2.20. The van der Waals surface area contributed by atoms with Gasteiger partial charge in [0.15, 0.2) is 0 Å². The van der Waals surface area contributed by atoms with E-state index in [1.807, 2.05) is 0 Å². The maximum Gasteiger partial charge on any atom is 0.470 e. The van der Waals surface area contributed by atoms with Gasteiger partial charge in [-0.15, -0.1) is 10.2 Å². The van der Waals surface area contributed by atoms with Crippen LogP contribution >= 0.6 is 0 Å². The second kappa shape index (κ2) is 3.78. The molecular weight excluding hydrogens is 215 g/mol. The molecule has 0 amide bonds. The van der Waals surface area contributed by atoms with Gasteiger partial charge in [-0.3, -0.25) is 0 Å². The van der Waals surface area contributed by atoms with Gasteiger partial charge in [-0.1, -0.05) is 0 Å². The van der Waals surface area contributed by atoms with Crippen LogP contribution in [0.3, 0.4) is 0 Å². The molecule has 0 radical (unpaired) electrons. The topological polar surface area (TPSA) is 60.2 Å². The van der Waals surface area contributed by atoms with E-state index in [2.05, 4.69) is 19.9 Å². The van der Waals surface area contributed by atoms with E-state index in [1.165, 1.54) is 0 Å². The Morgan fingerprint density at radius 2 is 2.13 bits per heavy atom. The lowest BCUT2D eigenvalue weighted by atomic mass is 10.3. The van der Waals surface area contributed by atoms with Gasteiger partial charge < -0.3 is 14.5 Å². The summed E-state index contributed by atoms with van der Waals surface area (Å²) in [5.41, 5.74) is 0. The van der Waals surface area contributed by atoms with Crippen molar-refractivity contribution in [3.05, 3.63) is 11.8 Å². The molecule has 1 aromatic rings. The zero-order valence-corrected chi connectivity index (χ0v) is 7.54. The number of hydrogen-bond acceptors (Lipinski definition) is 5. The Kier molecular flexibility index (Phi) is 2.61. The van der Waals surface area contributed by atoms with Crippen LogP contribution in [-0.4, -0.2) is 29.9 Å². The zero-order valence-electron chi connectivity index (χ0n) is 7.54. The average molecular weight is 223 g/mol. The van der Waals surface area contributed by atoms with Gasteiger partial charge in [0.1, 0.15) is 6.10 Å². The number of hydrogen-bond donors (Lipinski definition) is 1. The molecule has 0 aromatic carbocycles. The first kappa shape index (κ1) is 10.4. The number of nitrogens with one attached hydrogen (secondary N) is 1. The number of halogens is 3. The van der Waals surface area contributed by atoms with E-state index in [4.69, 9.17) is 4.74 Å². The van der Waals surface area contributed by atoms with Crippen molar-refractivity contribution >= 4 is 0 Å². The molecule has 0 bridgehead atoms. The van der Waals surface area contributed by atoms with Crippen molar-refractivity contribution in [1.82, 2.24) is 15.5 Å². The summed E-state index contributed by atoms with van der Waals surface area (Å²) in [5, 5.41) is 9.17. The van der Waals surface area contributed by atoms with Crippen LogP contribution in [0.1, 0.15) is 17.9 Å². The molecule has 1 N–H and O–H groups in total. The molecule has 0 saturated carbocycles. The normalized spacial score (nSPS) is 23.0. The number of nitrogens with zero attached hydrogens (tertiary/aromatic N) is 2. The van der Waals surface area contributed by atoms with Crippen LogP contribution in [0.25, 0.3) is 0 Å². The van der Waals surface area contributed by atoms with E-state index < -0.39 is 18.2 Å². The number of rotatable bonds is 1. The summed E-state index contributed by atoms with van der Waals surface area (Å²) in [5.74, 6) is -1.49. The highest BCUT2D eigenvalue weighted by atomic mass is 19.4. The molecule has 1 fully saturated rings. The Hall–Kier alpha value is -1.15. The van der Waals surface area contributed by atoms with Crippen LogP contribution in [0.4, 0.5) is 13.2 Å². The number of morpholine rings is 1. The van der Waals surface area contributed by atoms with Gasteiger partial charge in [0.05, 0.1) is 6.61 Å². The van der Waals surface area contributed by atoms with Gasteiger partial charge >= 0.3 is 12.1 Å². The summed E-state index contributed by atoms with van der Waals surface area (Å²) in [6, 6.07) is 0. The molecule has 1 aliphatic heterocycles. The minimum Gasteiger partial charge on any atom is -0.414 e. The second-order valence-electron chi connectivity index (χ2n) is 3.01. The van der Waals surface area contributed by atoms with Crippen molar-refractivity contribution < 1.29 is 22.3 Å². The average Bonchev–Trinajstić information content (AvgIpc) is 2.67. The standard InChI is InChI=1S/C7H8F3N3O2/c8-7(9,10)6-13-12-5(15-6)4-3-11-1-2-14-4/h4,11H,1-3H2. The highest BCUT2D eigenvalue weighted by Crippen LogP contribution is 2.29. The molecule has 1 aliphatic rings. The van der Waals surface area contributed by atoms with Crippen LogP contribution in [0.2, 0.25) is 0 Å². The molecule has 5 nitrogen and oxygen atoms in total. The fraction of sp³-hybridized carbons (Fsp3) is 0.714. The zero-order chi connectivity index (χ0) is 10.9. The molecule has 1 saturated heterocycles. The van der Waals surface area contributed by atoms with Crippen LogP contribution in [0, 0.1) is 0 Å². The minimum absolute atomic E-state index is 0.144. The van der Waals surface area contributed by atoms with E-state index in [0.29, 0.717) is 19.7 Å². The molecule has 15 heavy (non-hydrogen) atoms. The first-order valence-electron chi connectivity index (χ1n) is 4.30. The van der Waals surface area contributed by atoms with E-state index >= 15 is 0 Å². The van der Waals surface area contributed by atoms with Crippen molar-refractivity contribution in [2.24, 2.45) is 0 Å². The van der Waals surface area contributed by atoms with Crippen LogP contribution < -0.4 is 5.32 Å². The van der Waals surface area contributed by atoms with E-state index in [0.717, 1.165) is 0 Å². The summed E-state index contributed by atoms with van der Waals surface area (Å²) < 4.78 is 46.0. The van der Waals surface area contributed by atoms with Gasteiger partial charge in [-0.25, -0.2) is 0 Å². The summed E-state index contributed by atoms with van der Waals surface area (Å²) in [7, 11) is 0. The van der Waals surface area contributed by atoms with Gasteiger partial charge in [0, 0.05) is 13.1 Å². The number of ether oxygens (including phenoxy) is 1.